The van der Waals surface area contributed by atoms with Crippen LogP contribution in [-0.4, -0.2) is 35.3 Å². The zero-order valence-electron chi connectivity index (χ0n) is 19.7. The second kappa shape index (κ2) is 7.21. The largest absolute Gasteiger partial charge is 0.496 e. The van der Waals surface area contributed by atoms with Gasteiger partial charge in [0, 0.05) is 18.5 Å². The maximum atomic E-state index is 13.9. The van der Waals surface area contributed by atoms with Crippen LogP contribution in [0.1, 0.15) is 31.9 Å². The molecule has 0 radical (unpaired) electrons. The van der Waals surface area contributed by atoms with Crippen LogP contribution in [0, 0.1) is 0 Å². The zero-order valence-corrected chi connectivity index (χ0v) is 19.7. The number of hydrogen-bond donors (Lipinski definition) is 0. The van der Waals surface area contributed by atoms with Crippen molar-refractivity contribution in [3.63, 3.8) is 0 Å². The summed E-state index contributed by atoms with van der Waals surface area (Å²) in [5, 5.41) is 2.80. The molecule has 4 aromatic rings. The van der Waals surface area contributed by atoms with Crippen molar-refractivity contribution in [3.8, 4) is 11.5 Å². The monoisotopic (exact) mass is 473 g/mol. The molecule has 35 heavy (non-hydrogen) atoms. The van der Waals surface area contributed by atoms with E-state index in [1.54, 1.807) is 19.9 Å². The van der Waals surface area contributed by atoms with Crippen LogP contribution < -0.4 is 14.9 Å². The molecule has 0 N–H and O–H groups in total. The fourth-order valence-electron chi connectivity index (χ4n) is 5.33. The summed E-state index contributed by atoms with van der Waals surface area (Å²) < 4.78 is 25.3. The number of fused-ring (bicyclic) bond motifs is 7. The minimum Gasteiger partial charge on any atom is -0.496 e. The highest BCUT2D eigenvalue weighted by Gasteiger charge is 2.52. The van der Waals surface area contributed by atoms with Crippen LogP contribution in [-0.2, 0) is 26.1 Å². The van der Waals surface area contributed by atoms with E-state index in [0.717, 1.165) is 10.8 Å². The molecule has 0 bridgehead atoms. The summed E-state index contributed by atoms with van der Waals surface area (Å²) in [6.45, 7) is 3.53. The van der Waals surface area contributed by atoms with Crippen LogP contribution in [0.25, 0.3) is 32.6 Å². The zero-order chi connectivity index (χ0) is 24.6. The Labute approximate surface area is 199 Å². The molecule has 2 atom stereocenters. The molecule has 6 rings (SSSR count). The normalized spacial score (nSPS) is 21.0. The molecule has 178 valence electrons. The van der Waals surface area contributed by atoms with Crippen LogP contribution in [0.4, 0.5) is 0 Å². The number of benzene rings is 3. The van der Waals surface area contributed by atoms with Gasteiger partial charge in [0.1, 0.15) is 23.5 Å². The van der Waals surface area contributed by atoms with Crippen molar-refractivity contribution < 1.29 is 28.5 Å². The molecule has 0 amide bonds. The third-order valence-electron chi connectivity index (χ3n) is 6.94. The number of aromatic nitrogens is 1. The lowest BCUT2D eigenvalue weighted by molar-refractivity contribution is -0.174. The highest BCUT2D eigenvalue weighted by atomic mass is 16.6. The fourth-order valence-corrected chi connectivity index (χ4v) is 5.33. The van der Waals surface area contributed by atoms with E-state index in [4.69, 9.17) is 18.9 Å². The summed E-state index contributed by atoms with van der Waals surface area (Å²) in [4.78, 5) is 38.7. The molecule has 2 aliphatic heterocycles. The van der Waals surface area contributed by atoms with Crippen LogP contribution in [0.2, 0.25) is 0 Å². The quantitative estimate of drug-likeness (QED) is 0.235. The van der Waals surface area contributed by atoms with E-state index in [2.05, 4.69) is 0 Å². The lowest BCUT2D eigenvalue weighted by Gasteiger charge is -2.42. The number of hydrogen-bond acceptors (Lipinski definition) is 7. The second-order valence-corrected chi connectivity index (χ2v) is 9.52. The number of ether oxygens (including phenoxy) is 4. The van der Waals surface area contributed by atoms with Crippen molar-refractivity contribution in [2.45, 2.75) is 38.1 Å². The Balaban J connectivity index is 1.78. The van der Waals surface area contributed by atoms with Gasteiger partial charge in [-0.2, -0.15) is 0 Å². The maximum absolute atomic E-state index is 13.9. The van der Waals surface area contributed by atoms with Crippen molar-refractivity contribution in [2.75, 3.05) is 7.11 Å². The molecule has 0 unspecified atom stereocenters. The van der Waals surface area contributed by atoms with Crippen molar-refractivity contribution in [2.24, 2.45) is 7.05 Å². The maximum Gasteiger partial charge on any atom is 0.317 e. The number of esters is 2. The minimum atomic E-state index is -0.997. The van der Waals surface area contributed by atoms with Gasteiger partial charge in [0.2, 0.25) is 5.43 Å². The van der Waals surface area contributed by atoms with E-state index in [1.165, 1.54) is 7.11 Å². The third kappa shape index (κ3) is 3.02. The van der Waals surface area contributed by atoms with E-state index >= 15 is 0 Å². The third-order valence-corrected chi connectivity index (χ3v) is 6.94. The SMILES string of the molecule is COc1cc2c(c3c1c(=O)c1cc4ccccc4cc1n3C)[C@@H]1OC(=O)CC(=O)O[C@@H]1C(C)(C)O2. The van der Waals surface area contributed by atoms with Crippen molar-refractivity contribution in [3.05, 3.63) is 58.3 Å². The number of methoxy groups -OCH3 is 1. The first-order valence-corrected chi connectivity index (χ1v) is 11.3. The first-order valence-electron chi connectivity index (χ1n) is 11.3. The van der Waals surface area contributed by atoms with E-state index < -0.39 is 36.2 Å². The van der Waals surface area contributed by atoms with Gasteiger partial charge in [-0.1, -0.05) is 24.3 Å². The summed E-state index contributed by atoms with van der Waals surface area (Å²) >= 11 is 0. The predicted molar refractivity (Wildman–Crippen MR) is 129 cm³/mol. The molecule has 8 heteroatoms. The minimum absolute atomic E-state index is 0.211. The fraction of sp³-hybridized carbons (Fsp3) is 0.296. The van der Waals surface area contributed by atoms with E-state index in [0.29, 0.717) is 38.9 Å². The van der Waals surface area contributed by atoms with Crippen LogP contribution in [0.15, 0.2) is 47.3 Å². The number of carbonyl (C=O) groups is 2. The summed E-state index contributed by atoms with van der Waals surface area (Å²) in [7, 11) is 3.34. The molecule has 1 fully saturated rings. The first kappa shape index (κ1) is 21.5. The number of aryl methyl sites for hydroxylation is 1. The van der Waals surface area contributed by atoms with Gasteiger partial charge in [0.05, 0.1) is 29.1 Å². The summed E-state index contributed by atoms with van der Waals surface area (Å²) in [5.74, 6) is -0.611. The Hall–Kier alpha value is -4.07. The number of nitrogens with zero attached hydrogens (tertiary/aromatic N) is 1. The second-order valence-electron chi connectivity index (χ2n) is 9.52. The summed E-state index contributed by atoms with van der Waals surface area (Å²) in [5.41, 5.74) is 0.473. The predicted octanol–water partition coefficient (Wildman–Crippen LogP) is 3.92. The van der Waals surface area contributed by atoms with Crippen molar-refractivity contribution >= 4 is 44.5 Å². The van der Waals surface area contributed by atoms with Crippen LogP contribution >= 0.6 is 0 Å². The molecule has 1 aromatic heterocycles. The average Bonchev–Trinajstić information content (AvgIpc) is 2.98. The molecule has 1 saturated heterocycles. The molecule has 0 spiro atoms. The van der Waals surface area contributed by atoms with Gasteiger partial charge in [-0.3, -0.25) is 14.4 Å². The molecule has 3 aromatic carbocycles. The number of pyridine rings is 1. The Bertz CT molecular complexity index is 1650. The Morgan fingerprint density at radius 2 is 1.69 bits per heavy atom. The highest BCUT2D eigenvalue weighted by molar-refractivity contribution is 6.04. The molecule has 2 aliphatic rings. The number of carbonyl (C=O) groups excluding carboxylic acids is 2. The smallest absolute Gasteiger partial charge is 0.317 e. The van der Waals surface area contributed by atoms with Crippen molar-refractivity contribution in [1.82, 2.24) is 4.57 Å². The molecule has 8 nitrogen and oxygen atoms in total. The van der Waals surface area contributed by atoms with Gasteiger partial charge in [-0.25, -0.2) is 0 Å². The van der Waals surface area contributed by atoms with Crippen LogP contribution in [0.3, 0.4) is 0 Å². The van der Waals surface area contributed by atoms with E-state index in [9.17, 15) is 14.4 Å². The molecule has 3 heterocycles. The lowest BCUT2D eigenvalue weighted by atomic mass is 9.86. The van der Waals surface area contributed by atoms with E-state index in [1.807, 2.05) is 48.0 Å². The topological polar surface area (TPSA) is 93.1 Å². The lowest BCUT2D eigenvalue weighted by Crippen LogP contribution is -2.51. The van der Waals surface area contributed by atoms with Gasteiger partial charge in [0.25, 0.3) is 0 Å². The molecular formula is C27H23NO7. The Morgan fingerprint density at radius 3 is 2.40 bits per heavy atom. The molecule has 0 aliphatic carbocycles. The summed E-state index contributed by atoms with van der Waals surface area (Å²) in [6, 6.07) is 13.3. The molecule has 0 saturated carbocycles. The first-order chi connectivity index (χ1) is 16.7. The van der Waals surface area contributed by atoms with Gasteiger partial charge < -0.3 is 23.5 Å². The van der Waals surface area contributed by atoms with Crippen LogP contribution in [0.5, 0.6) is 11.5 Å². The Kier molecular flexibility index (Phi) is 4.42. The summed E-state index contributed by atoms with van der Waals surface area (Å²) in [6.07, 6.45) is -2.34. The van der Waals surface area contributed by atoms with Gasteiger partial charge in [-0.15, -0.1) is 0 Å². The average molecular weight is 473 g/mol. The van der Waals surface area contributed by atoms with Crippen molar-refractivity contribution in [1.29, 1.82) is 0 Å². The van der Waals surface area contributed by atoms with Gasteiger partial charge in [0.15, 0.2) is 12.2 Å². The Morgan fingerprint density at radius 1 is 1.00 bits per heavy atom. The highest BCUT2D eigenvalue weighted by Crippen LogP contribution is 2.49. The van der Waals surface area contributed by atoms with E-state index in [-0.39, 0.29) is 5.43 Å². The van der Waals surface area contributed by atoms with Gasteiger partial charge >= 0.3 is 11.9 Å². The standard InChI is InChI=1S/C27H23NO7/c1-27(2)26-25(33-19(29)12-20(30)34-26)22-18(35-27)11-17(32-4)21-23(22)28(3)16-10-14-8-6-5-7-13(14)9-15(16)24(21)31/h5-11,25-26H,12H2,1-4H3/t25-,26-/m0/s1. The van der Waals surface area contributed by atoms with Gasteiger partial charge in [-0.05, 0) is 36.8 Å². The molecular weight excluding hydrogens is 450 g/mol. The number of rotatable bonds is 1.